The number of carbonyl (C=O) groups is 7. The van der Waals surface area contributed by atoms with E-state index >= 15 is 0 Å². The number of hydrogen-bond acceptors (Lipinski definition) is 12. The van der Waals surface area contributed by atoms with Crippen LogP contribution in [0.15, 0.2) is 60.2 Å². The quantitative estimate of drug-likeness (QED) is 0.0210. The normalized spacial score (nSPS) is 29.1. The fraction of sp³-hybridized carbons (Fsp3) is 0.638. The average molecular weight is 1070 g/mol. The maximum atomic E-state index is 13.2. The van der Waals surface area contributed by atoms with E-state index in [9.17, 15) is 38.7 Å². The summed E-state index contributed by atoms with van der Waals surface area (Å²) in [5, 5.41) is 28.0. The number of aliphatic hydroxyl groups excluding tert-OH is 1. The molecule has 0 bridgehead atoms. The van der Waals surface area contributed by atoms with Gasteiger partial charge in [0, 0.05) is 65.4 Å². The SMILES string of the molecule is CC(=O)[C@H]1CC[C@H]2[C@@H]3[C@@H](OCCCCCC(=O)NCC(=O)Nc4ccc(C(=O)c5ccc(NC(=O)COCCOCCNC(=O)CCCC[C@@H]6SC[C@@H]7NC(=O)N[C@@H]76)cc5)cc4)C=C4C[C@@H](O)CC[C@]4(C)[C@H]3CC[C@]12C. The van der Waals surface area contributed by atoms with Gasteiger partial charge in [-0.3, -0.25) is 28.8 Å². The van der Waals surface area contributed by atoms with Crippen LogP contribution in [0, 0.1) is 34.5 Å². The molecule has 0 spiro atoms. The van der Waals surface area contributed by atoms with E-state index in [1.165, 1.54) is 5.57 Å². The first-order chi connectivity index (χ1) is 36.6. The number of rotatable bonds is 27. The molecule has 7 N–H and O–H groups in total. The van der Waals surface area contributed by atoms with E-state index in [1.54, 1.807) is 55.5 Å². The third-order valence-electron chi connectivity index (χ3n) is 17.5. The Labute approximate surface area is 451 Å². The molecule has 76 heavy (non-hydrogen) atoms. The average Bonchev–Trinajstić information content (AvgIpc) is 4.24. The van der Waals surface area contributed by atoms with Crippen molar-refractivity contribution in [2.75, 3.05) is 62.5 Å². The van der Waals surface area contributed by atoms with Crippen molar-refractivity contribution < 1.29 is 52.9 Å². The van der Waals surface area contributed by atoms with Crippen LogP contribution in [0.1, 0.15) is 133 Å². The van der Waals surface area contributed by atoms with Gasteiger partial charge in [-0.2, -0.15) is 11.8 Å². The van der Waals surface area contributed by atoms with Crippen molar-refractivity contribution in [1.29, 1.82) is 0 Å². The number of Topliss-reactive ketones (excluding diaryl/α,β-unsaturated/α-hetero) is 1. The highest BCUT2D eigenvalue weighted by molar-refractivity contribution is 8.00. The Kier molecular flexibility index (Phi) is 19.9. The predicted molar refractivity (Wildman–Crippen MR) is 291 cm³/mol. The maximum absolute atomic E-state index is 13.2. The summed E-state index contributed by atoms with van der Waals surface area (Å²) in [6.07, 6.45) is 14.4. The van der Waals surface area contributed by atoms with E-state index in [1.807, 2.05) is 11.8 Å². The third kappa shape index (κ3) is 14.3. The number of benzene rings is 2. The number of aliphatic hydroxyl groups is 1. The molecule has 6 aliphatic rings. The molecule has 0 aromatic heterocycles. The molecule has 3 saturated carbocycles. The van der Waals surface area contributed by atoms with Gasteiger partial charge in [-0.1, -0.05) is 38.3 Å². The van der Waals surface area contributed by atoms with Crippen molar-refractivity contribution in [3.63, 3.8) is 0 Å². The zero-order chi connectivity index (χ0) is 53.8. The summed E-state index contributed by atoms with van der Waals surface area (Å²) < 4.78 is 17.7. The van der Waals surface area contributed by atoms with Crippen molar-refractivity contribution in [1.82, 2.24) is 21.3 Å². The summed E-state index contributed by atoms with van der Waals surface area (Å²) in [6.45, 7) is 7.89. The summed E-state index contributed by atoms with van der Waals surface area (Å²) in [5.74, 6) is 1.41. The highest BCUT2D eigenvalue weighted by Crippen LogP contribution is 2.66. The van der Waals surface area contributed by atoms with Gasteiger partial charge in [0.2, 0.25) is 23.6 Å². The van der Waals surface area contributed by atoms with Crippen LogP contribution in [0.4, 0.5) is 16.2 Å². The molecule has 0 unspecified atom stereocenters. The number of nitrogens with one attached hydrogen (secondary N) is 6. The lowest BCUT2D eigenvalue weighted by molar-refractivity contribution is -0.134. The number of ketones is 2. The molecule has 8 rings (SSSR count). The molecule has 5 fully saturated rings. The summed E-state index contributed by atoms with van der Waals surface area (Å²) >= 11 is 1.87. The first-order valence-electron chi connectivity index (χ1n) is 27.8. The molecule has 0 radical (unpaired) electrons. The van der Waals surface area contributed by atoms with Gasteiger partial charge in [-0.15, -0.1) is 0 Å². The lowest BCUT2D eigenvalue weighted by Gasteiger charge is -2.59. The monoisotopic (exact) mass is 1070 g/mol. The molecule has 18 heteroatoms. The summed E-state index contributed by atoms with van der Waals surface area (Å²) in [4.78, 5) is 87.6. The smallest absolute Gasteiger partial charge is 0.315 e. The standard InChI is InChI=1S/C58H80N6O11S/c1-36(65)43-20-21-44-53-45(23-25-58(43,44)3)57(2)24-22-42(66)31-39(57)32-47(53)75-27-8-4-5-10-50(68)60-33-51(69)61-40-16-12-37(13-17-40)55(71)38-14-18-41(19-15-38)62-52(70)34-74-30-29-73-28-26-59-49(67)11-7-6-9-48-54-46(35-76-48)63-56(72)64-54/h12-19,32,42-48,53-54,66H,4-11,20-31,33-35H2,1-3H3,(H,59,67)(H,60,68)(H,61,69)(H,62,70)(H2,63,64,72)/t42-,43+,44-,45-,46-,47-,48-,53-,54-,57-,58+/m0/s1. The highest BCUT2D eigenvalue weighted by Gasteiger charge is 2.61. The lowest BCUT2D eigenvalue weighted by Crippen LogP contribution is -2.55. The van der Waals surface area contributed by atoms with Crippen molar-refractivity contribution >= 4 is 64.4 Å². The molecule has 6 amide bonds. The predicted octanol–water partition coefficient (Wildman–Crippen LogP) is 6.87. The number of unbranched alkanes of at least 4 members (excludes halogenated alkanes) is 3. The molecular weight excluding hydrogens is 989 g/mol. The van der Waals surface area contributed by atoms with Gasteiger partial charge < -0.3 is 51.2 Å². The number of hydrogen-bond donors (Lipinski definition) is 7. The summed E-state index contributed by atoms with van der Waals surface area (Å²) in [5.41, 5.74) is 3.22. The molecule has 2 aromatic carbocycles. The maximum Gasteiger partial charge on any atom is 0.315 e. The largest absolute Gasteiger partial charge is 0.393 e. The van der Waals surface area contributed by atoms with Gasteiger partial charge in [-0.25, -0.2) is 4.79 Å². The molecule has 2 aliphatic heterocycles. The fourth-order valence-corrected chi connectivity index (χ4v) is 15.0. The van der Waals surface area contributed by atoms with Crippen LogP contribution >= 0.6 is 11.8 Å². The molecule has 414 valence electrons. The Morgan fingerprint density at radius 2 is 1.41 bits per heavy atom. The molecule has 11 atom stereocenters. The Bertz CT molecular complexity index is 2420. The topological polar surface area (TPSA) is 240 Å². The van der Waals surface area contributed by atoms with Crippen LogP contribution in [-0.4, -0.2) is 128 Å². The first kappa shape index (κ1) is 57.0. The molecule has 2 aromatic rings. The Hall–Kier alpha value is -5.14. The molecule has 4 aliphatic carbocycles. The Balaban J connectivity index is 0.651. The lowest BCUT2D eigenvalue weighted by atomic mass is 9.46. The van der Waals surface area contributed by atoms with Crippen molar-refractivity contribution in [3.05, 3.63) is 71.3 Å². The van der Waals surface area contributed by atoms with Crippen LogP contribution in [0.2, 0.25) is 0 Å². The van der Waals surface area contributed by atoms with E-state index in [0.29, 0.717) is 96.7 Å². The first-order valence-corrected chi connectivity index (χ1v) is 28.9. The molecule has 2 saturated heterocycles. The van der Waals surface area contributed by atoms with Crippen LogP contribution in [0.3, 0.4) is 0 Å². The third-order valence-corrected chi connectivity index (χ3v) is 19.0. The van der Waals surface area contributed by atoms with E-state index in [2.05, 4.69) is 51.8 Å². The van der Waals surface area contributed by atoms with Gasteiger partial charge in [0.05, 0.1) is 50.7 Å². The van der Waals surface area contributed by atoms with Gasteiger partial charge in [0.25, 0.3) is 0 Å². The number of fused-ring (bicyclic) bond motifs is 6. The number of amides is 6. The van der Waals surface area contributed by atoms with Crippen molar-refractivity contribution in [2.24, 2.45) is 34.5 Å². The fourth-order valence-electron chi connectivity index (χ4n) is 13.5. The van der Waals surface area contributed by atoms with Gasteiger partial charge in [0.1, 0.15) is 12.4 Å². The number of carbonyl (C=O) groups excluding carboxylic acids is 7. The Morgan fingerprint density at radius 1 is 0.724 bits per heavy atom. The second-order valence-corrected chi connectivity index (χ2v) is 23.7. The molecular formula is C58H80N6O11S. The van der Waals surface area contributed by atoms with Gasteiger partial charge >= 0.3 is 6.03 Å². The minimum atomic E-state index is -0.386. The molecule has 17 nitrogen and oxygen atoms in total. The van der Waals surface area contributed by atoms with Crippen LogP contribution in [0.5, 0.6) is 0 Å². The van der Waals surface area contributed by atoms with Crippen LogP contribution in [-0.2, 0) is 38.2 Å². The second kappa shape index (κ2) is 26.5. The number of thioether (sulfide) groups is 1. The summed E-state index contributed by atoms with van der Waals surface area (Å²) in [6, 6.07) is 13.3. The number of ether oxygens (including phenoxy) is 3. The zero-order valence-electron chi connectivity index (χ0n) is 44.6. The highest BCUT2D eigenvalue weighted by atomic mass is 32.2. The van der Waals surface area contributed by atoms with Crippen LogP contribution in [0.25, 0.3) is 0 Å². The number of urea groups is 1. The van der Waals surface area contributed by atoms with Crippen LogP contribution < -0.4 is 31.9 Å². The zero-order valence-corrected chi connectivity index (χ0v) is 45.4. The minimum Gasteiger partial charge on any atom is -0.393 e. The van der Waals surface area contributed by atoms with Crippen molar-refractivity contribution in [3.8, 4) is 0 Å². The van der Waals surface area contributed by atoms with E-state index in [-0.39, 0.29) is 103 Å². The minimum absolute atomic E-state index is 0.00179. The Morgan fingerprint density at radius 3 is 2.13 bits per heavy atom. The second-order valence-electron chi connectivity index (χ2n) is 22.5. The van der Waals surface area contributed by atoms with E-state index < -0.39 is 0 Å². The van der Waals surface area contributed by atoms with Gasteiger partial charge in [-0.05, 0) is 155 Å². The van der Waals surface area contributed by atoms with Crippen molar-refractivity contribution in [2.45, 2.75) is 147 Å². The number of anilines is 2. The van der Waals surface area contributed by atoms with E-state index in [4.69, 9.17) is 14.2 Å². The molecule has 2 heterocycles. The van der Waals surface area contributed by atoms with E-state index in [0.717, 1.165) is 76.4 Å². The van der Waals surface area contributed by atoms with Gasteiger partial charge in [0.15, 0.2) is 5.78 Å². The summed E-state index contributed by atoms with van der Waals surface area (Å²) in [7, 11) is 0.